The largest absolute Gasteiger partial charge is 0.363 e. The average molecular weight is 293 g/mol. The Kier molecular flexibility index (Phi) is 3.40. The van der Waals surface area contributed by atoms with Gasteiger partial charge in [-0.15, -0.1) is 5.10 Å². The molecule has 8 nitrogen and oxygen atoms in total. The Hall–Kier alpha value is -1.96. The van der Waals surface area contributed by atoms with Crippen LogP contribution in [0.25, 0.3) is 0 Å². The van der Waals surface area contributed by atoms with E-state index in [0.29, 0.717) is 25.9 Å². The van der Waals surface area contributed by atoms with Crippen molar-refractivity contribution in [3.05, 3.63) is 12.2 Å². The molecule has 0 saturated carbocycles. The summed E-state index contributed by atoms with van der Waals surface area (Å²) >= 11 is 0. The number of aryl methyl sites for hydroxylation is 1. The fourth-order valence-corrected chi connectivity index (χ4v) is 2.99. The first-order valence-corrected chi connectivity index (χ1v) is 7.08. The molecule has 2 aliphatic heterocycles. The number of amides is 2. The van der Waals surface area contributed by atoms with Gasteiger partial charge in [-0.05, 0) is 19.8 Å². The minimum absolute atomic E-state index is 0.0380. The molecule has 114 valence electrons. The van der Waals surface area contributed by atoms with Crippen LogP contribution >= 0.6 is 0 Å². The first kappa shape index (κ1) is 14.0. The van der Waals surface area contributed by atoms with Crippen LogP contribution in [0.3, 0.4) is 0 Å². The fourth-order valence-electron chi connectivity index (χ4n) is 2.99. The van der Waals surface area contributed by atoms with Crippen molar-refractivity contribution in [3.8, 4) is 0 Å². The Morgan fingerprint density at radius 2 is 2.19 bits per heavy atom. The zero-order valence-corrected chi connectivity index (χ0v) is 12.2. The van der Waals surface area contributed by atoms with E-state index in [2.05, 4.69) is 15.4 Å². The number of piperidine rings is 1. The third-order valence-electron chi connectivity index (χ3n) is 4.35. The molecule has 8 heteroatoms. The zero-order valence-electron chi connectivity index (χ0n) is 12.2. The second-order valence-corrected chi connectivity index (χ2v) is 5.68. The Bertz CT molecular complexity index is 562. The number of hydrogen-bond donors (Lipinski definition) is 1. The number of nitrogens with zero attached hydrogens (tertiary/aromatic N) is 4. The lowest BCUT2D eigenvalue weighted by atomic mass is 9.83. The Morgan fingerprint density at radius 1 is 1.48 bits per heavy atom. The number of carbonyl (C=O) groups is 2. The third-order valence-corrected chi connectivity index (χ3v) is 4.35. The number of ether oxygens (including phenoxy) is 1. The van der Waals surface area contributed by atoms with E-state index in [9.17, 15) is 9.59 Å². The van der Waals surface area contributed by atoms with Crippen LogP contribution in [0.2, 0.25) is 0 Å². The maximum absolute atomic E-state index is 12.3. The highest BCUT2D eigenvalue weighted by atomic mass is 16.5. The number of nitrogens with one attached hydrogen (secondary N) is 1. The van der Waals surface area contributed by atoms with Crippen molar-refractivity contribution in [2.45, 2.75) is 31.4 Å². The summed E-state index contributed by atoms with van der Waals surface area (Å²) in [6, 6.07) is -0.0380. The maximum atomic E-state index is 12.3. The molecule has 0 bridgehead atoms. The summed E-state index contributed by atoms with van der Waals surface area (Å²) in [6.45, 7) is 3.21. The first-order chi connectivity index (χ1) is 10.00. The van der Waals surface area contributed by atoms with Crippen LogP contribution in [-0.2, 0) is 16.6 Å². The van der Waals surface area contributed by atoms with Crippen LogP contribution in [0.5, 0.6) is 0 Å². The van der Waals surface area contributed by atoms with Gasteiger partial charge in [0.05, 0.1) is 11.6 Å². The van der Waals surface area contributed by atoms with E-state index >= 15 is 0 Å². The van der Waals surface area contributed by atoms with E-state index in [1.807, 2.05) is 6.92 Å². The summed E-state index contributed by atoms with van der Waals surface area (Å²) in [4.78, 5) is 29.4. The standard InChI is InChI=1S/C13H19N5O3/c1-9-13(21-7-10(19)15-9)3-5-18(6-4-13)12(20)11-14-8-17(2)16-11/h8-9H,3-7H2,1-2H3,(H,15,19). The predicted molar refractivity (Wildman–Crippen MR) is 72.4 cm³/mol. The molecule has 1 N–H and O–H groups in total. The van der Waals surface area contributed by atoms with Gasteiger partial charge in [0.25, 0.3) is 5.91 Å². The SMILES string of the molecule is CC1NC(=O)COC12CCN(C(=O)c1ncn(C)n1)CC2. The normalized spacial score (nSPS) is 25.0. The fraction of sp³-hybridized carbons (Fsp3) is 0.692. The number of rotatable bonds is 1. The Morgan fingerprint density at radius 3 is 2.76 bits per heavy atom. The van der Waals surface area contributed by atoms with Gasteiger partial charge in [-0.2, -0.15) is 0 Å². The number of aromatic nitrogens is 3. The van der Waals surface area contributed by atoms with Crippen LogP contribution in [0.4, 0.5) is 0 Å². The Labute approximate surface area is 122 Å². The van der Waals surface area contributed by atoms with Crippen LogP contribution in [-0.4, -0.2) is 62.8 Å². The molecule has 1 unspecified atom stereocenters. The van der Waals surface area contributed by atoms with Crippen molar-refractivity contribution in [1.82, 2.24) is 25.0 Å². The van der Waals surface area contributed by atoms with Gasteiger partial charge in [-0.1, -0.05) is 0 Å². The summed E-state index contributed by atoms with van der Waals surface area (Å²) < 4.78 is 7.30. The summed E-state index contributed by atoms with van der Waals surface area (Å²) in [7, 11) is 1.73. The van der Waals surface area contributed by atoms with Gasteiger partial charge >= 0.3 is 0 Å². The smallest absolute Gasteiger partial charge is 0.293 e. The third kappa shape index (κ3) is 2.51. The minimum Gasteiger partial charge on any atom is -0.363 e. The molecule has 0 radical (unpaired) electrons. The van der Waals surface area contributed by atoms with Crippen molar-refractivity contribution in [1.29, 1.82) is 0 Å². The Balaban J connectivity index is 1.65. The quantitative estimate of drug-likeness (QED) is 0.741. The van der Waals surface area contributed by atoms with Crippen molar-refractivity contribution < 1.29 is 14.3 Å². The minimum atomic E-state index is -0.359. The van der Waals surface area contributed by atoms with Crippen LogP contribution in [0.15, 0.2) is 6.33 Å². The van der Waals surface area contributed by atoms with Gasteiger partial charge in [0.2, 0.25) is 11.7 Å². The molecule has 3 rings (SSSR count). The summed E-state index contributed by atoms with van der Waals surface area (Å²) in [5, 5.41) is 6.96. The second-order valence-electron chi connectivity index (χ2n) is 5.68. The number of carbonyl (C=O) groups excluding carboxylic acids is 2. The first-order valence-electron chi connectivity index (χ1n) is 7.08. The molecule has 2 saturated heterocycles. The van der Waals surface area contributed by atoms with E-state index in [1.54, 1.807) is 11.9 Å². The highest BCUT2D eigenvalue weighted by molar-refractivity contribution is 5.90. The zero-order chi connectivity index (χ0) is 15.0. The average Bonchev–Trinajstić information content (AvgIpc) is 2.90. The van der Waals surface area contributed by atoms with Gasteiger partial charge in [-0.25, -0.2) is 4.98 Å². The monoisotopic (exact) mass is 293 g/mol. The van der Waals surface area contributed by atoms with E-state index < -0.39 is 0 Å². The van der Waals surface area contributed by atoms with E-state index in [1.165, 1.54) is 11.0 Å². The molecule has 1 aromatic rings. The van der Waals surface area contributed by atoms with Crippen molar-refractivity contribution >= 4 is 11.8 Å². The molecule has 2 fully saturated rings. The van der Waals surface area contributed by atoms with E-state index in [-0.39, 0.29) is 35.9 Å². The molecule has 1 atom stereocenters. The van der Waals surface area contributed by atoms with Gasteiger partial charge in [0, 0.05) is 20.1 Å². The van der Waals surface area contributed by atoms with Crippen molar-refractivity contribution in [2.75, 3.05) is 19.7 Å². The molecule has 0 aliphatic carbocycles. The highest BCUT2D eigenvalue weighted by Gasteiger charge is 2.45. The highest BCUT2D eigenvalue weighted by Crippen LogP contribution is 2.32. The van der Waals surface area contributed by atoms with Crippen molar-refractivity contribution in [3.63, 3.8) is 0 Å². The number of likely N-dealkylation sites (tertiary alicyclic amines) is 1. The molecule has 0 aromatic carbocycles. The second kappa shape index (κ2) is 5.10. The lowest BCUT2D eigenvalue weighted by molar-refractivity contribution is -0.158. The summed E-state index contributed by atoms with van der Waals surface area (Å²) in [5.41, 5.74) is -0.359. The van der Waals surface area contributed by atoms with Crippen LogP contribution < -0.4 is 5.32 Å². The van der Waals surface area contributed by atoms with Gasteiger partial charge < -0.3 is 15.0 Å². The molecular formula is C13H19N5O3. The van der Waals surface area contributed by atoms with E-state index in [4.69, 9.17) is 4.74 Å². The molecule has 21 heavy (non-hydrogen) atoms. The maximum Gasteiger partial charge on any atom is 0.293 e. The number of morpholine rings is 1. The summed E-state index contributed by atoms with van der Waals surface area (Å²) in [6.07, 6.45) is 2.92. The molecule has 2 amide bonds. The van der Waals surface area contributed by atoms with Gasteiger partial charge in [-0.3, -0.25) is 14.3 Å². The van der Waals surface area contributed by atoms with Gasteiger partial charge in [0.15, 0.2) is 0 Å². The molecule has 1 aromatic heterocycles. The molecular weight excluding hydrogens is 274 g/mol. The molecule has 2 aliphatic rings. The summed E-state index contributed by atoms with van der Waals surface area (Å²) in [5.74, 6) is -0.0124. The van der Waals surface area contributed by atoms with Crippen LogP contribution in [0, 0.1) is 0 Å². The van der Waals surface area contributed by atoms with Crippen molar-refractivity contribution in [2.24, 2.45) is 7.05 Å². The molecule has 3 heterocycles. The lowest BCUT2D eigenvalue weighted by Crippen LogP contribution is -2.63. The van der Waals surface area contributed by atoms with E-state index in [0.717, 1.165) is 0 Å². The molecule has 1 spiro atoms. The van der Waals surface area contributed by atoms with Gasteiger partial charge in [0.1, 0.15) is 12.9 Å². The predicted octanol–water partition coefficient (Wildman–Crippen LogP) is -0.675. The lowest BCUT2D eigenvalue weighted by Gasteiger charge is -2.47. The topological polar surface area (TPSA) is 89.4 Å². The number of hydrogen-bond acceptors (Lipinski definition) is 5. The van der Waals surface area contributed by atoms with Crippen LogP contribution in [0.1, 0.15) is 30.4 Å².